The fraction of sp³-hybridized carbons (Fsp3) is 0.611. The Morgan fingerprint density at radius 1 is 1.29 bits per heavy atom. The predicted octanol–water partition coefficient (Wildman–Crippen LogP) is 1.67. The number of anilines is 1. The molecular weight excluding hydrogens is 304 g/mol. The average Bonchev–Trinajstić information content (AvgIpc) is 3.10. The Kier molecular flexibility index (Phi) is 5.33. The van der Waals surface area contributed by atoms with E-state index in [1.165, 1.54) is 25.7 Å². The molecule has 0 bridgehead atoms. The Balaban J connectivity index is 1.57. The molecule has 0 aromatic carbocycles. The van der Waals surface area contributed by atoms with E-state index < -0.39 is 0 Å². The minimum absolute atomic E-state index is 0.117. The first-order valence-corrected chi connectivity index (χ1v) is 8.94. The van der Waals surface area contributed by atoms with Crippen molar-refractivity contribution in [3.8, 4) is 0 Å². The summed E-state index contributed by atoms with van der Waals surface area (Å²) in [7, 11) is 0. The maximum absolute atomic E-state index is 12.4. The standard InChI is InChI=1S/C18H26N4O2/c1-2-19-18(24)15-7-8-16(20-11-15)21-9-10-22(17(23)13-21)12-14-5-3-4-6-14/h7-8,11,14H,2-6,9-10,12-13H2,1H3,(H,19,24). The number of hydrogen-bond donors (Lipinski definition) is 1. The van der Waals surface area contributed by atoms with Crippen LogP contribution in [-0.2, 0) is 4.79 Å². The van der Waals surface area contributed by atoms with Gasteiger partial charge in [-0.1, -0.05) is 12.8 Å². The molecule has 0 spiro atoms. The number of hydrogen-bond acceptors (Lipinski definition) is 4. The van der Waals surface area contributed by atoms with Crippen LogP contribution in [0.2, 0.25) is 0 Å². The van der Waals surface area contributed by atoms with Crippen LogP contribution in [-0.4, -0.2) is 54.4 Å². The molecule has 1 saturated carbocycles. The Bertz CT molecular complexity index is 581. The highest BCUT2D eigenvalue weighted by Gasteiger charge is 2.27. The summed E-state index contributed by atoms with van der Waals surface area (Å²) in [5.41, 5.74) is 0.548. The van der Waals surface area contributed by atoms with Gasteiger partial charge in [0.25, 0.3) is 5.91 Å². The van der Waals surface area contributed by atoms with Gasteiger partial charge in [-0.05, 0) is 37.8 Å². The van der Waals surface area contributed by atoms with Gasteiger partial charge in [0.05, 0.1) is 12.1 Å². The van der Waals surface area contributed by atoms with Crippen LogP contribution < -0.4 is 10.2 Å². The number of aromatic nitrogens is 1. The number of nitrogens with one attached hydrogen (secondary N) is 1. The molecule has 2 fully saturated rings. The third-order valence-electron chi connectivity index (χ3n) is 4.94. The highest BCUT2D eigenvalue weighted by molar-refractivity contribution is 5.94. The van der Waals surface area contributed by atoms with Crippen LogP contribution >= 0.6 is 0 Å². The van der Waals surface area contributed by atoms with Crippen LogP contribution in [0.5, 0.6) is 0 Å². The largest absolute Gasteiger partial charge is 0.352 e. The molecule has 0 radical (unpaired) electrons. The molecule has 0 unspecified atom stereocenters. The van der Waals surface area contributed by atoms with Gasteiger partial charge >= 0.3 is 0 Å². The van der Waals surface area contributed by atoms with E-state index in [0.29, 0.717) is 24.6 Å². The van der Waals surface area contributed by atoms with Gasteiger partial charge in [0.1, 0.15) is 5.82 Å². The van der Waals surface area contributed by atoms with Gasteiger partial charge in [0.2, 0.25) is 5.91 Å². The van der Waals surface area contributed by atoms with Crippen molar-refractivity contribution in [2.45, 2.75) is 32.6 Å². The Hall–Kier alpha value is -2.11. The number of pyridine rings is 1. The molecule has 2 heterocycles. The van der Waals surface area contributed by atoms with Crippen molar-refractivity contribution in [2.75, 3.05) is 37.6 Å². The Morgan fingerprint density at radius 2 is 2.08 bits per heavy atom. The fourth-order valence-electron chi connectivity index (χ4n) is 3.57. The van der Waals surface area contributed by atoms with E-state index >= 15 is 0 Å². The molecule has 1 aromatic heterocycles. The minimum atomic E-state index is -0.117. The van der Waals surface area contributed by atoms with Crippen LogP contribution in [0.25, 0.3) is 0 Å². The molecule has 6 heteroatoms. The summed E-state index contributed by atoms with van der Waals surface area (Å²) in [6, 6.07) is 3.59. The van der Waals surface area contributed by atoms with Crippen molar-refractivity contribution in [3.05, 3.63) is 23.9 Å². The van der Waals surface area contributed by atoms with E-state index in [1.807, 2.05) is 22.8 Å². The first-order chi connectivity index (χ1) is 11.7. The summed E-state index contributed by atoms with van der Waals surface area (Å²) < 4.78 is 0. The molecule has 1 saturated heterocycles. The quantitative estimate of drug-likeness (QED) is 0.892. The molecule has 130 valence electrons. The molecule has 1 N–H and O–H groups in total. The minimum Gasteiger partial charge on any atom is -0.352 e. The van der Waals surface area contributed by atoms with Gasteiger partial charge in [-0.2, -0.15) is 0 Å². The predicted molar refractivity (Wildman–Crippen MR) is 93.0 cm³/mol. The molecule has 1 aromatic rings. The first-order valence-electron chi connectivity index (χ1n) is 8.94. The summed E-state index contributed by atoms with van der Waals surface area (Å²) in [6.07, 6.45) is 6.71. The van der Waals surface area contributed by atoms with Crippen LogP contribution in [0.3, 0.4) is 0 Å². The van der Waals surface area contributed by atoms with E-state index in [4.69, 9.17) is 0 Å². The number of carbonyl (C=O) groups excluding carboxylic acids is 2. The van der Waals surface area contributed by atoms with Crippen LogP contribution in [0.1, 0.15) is 43.0 Å². The normalized spacial score (nSPS) is 19.0. The van der Waals surface area contributed by atoms with Crippen LogP contribution in [0.4, 0.5) is 5.82 Å². The molecular formula is C18H26N4O2. The number of carbonyl (C=O) groups is 2. The number of rotatable bonds is 5. The summed E-state index contributed by atoms with van der Waals surface area (Å²) in [5.74, 6) is 1.52. The summed E-state index contributed by atoms with van der Waals surface area (Å²) in [4.78, 5) is 32.6. The molecule has 1 aliphatic carbocycles. The van der Waals surface area contributed by atoms with Gasteiger partial charge in [0, 0.05) is 32.4 Å². The summed E-state index contributed by atoms with van der Waals surface area (Å²) >= 11 is 0. The lowest BCUT2D eigenvalue weighted by Crippen LogP contribution is -2.51. The van der Waals surface area contributed by atoms with Crippen molar-refractivity contribution in [2.24, 2.45) is 5.92 Å². The number of piperazine rings is 1. The van der Waals surface area contributed by atoms with Crippen molar-refractivity contribution < 1.29 is 9.59 Å². The highest BCUT2D eigenvalue weighted by Crippen LogP contribution is 2.26. The molecule has 0 atom stereocenters. The van der Waals surface area contributed by atoms with Crippen molar-refractivity contribution in [1.29, 1.82) is 0 Å². The number of amides is 2. The third kappa shape index (κ3) is 3.86. The maximum Gasteiger partial charge on any atom is 0.252 e. The van der Waals surface area contributed by atoms with Gasteiger partial charge in [-0.15, -0.1) is 0 Å². The van der Waals surface area contributed by atoms with Crippen molar-refractivity contribution in [1.82, 2.24) is 15.2 Å². The Labute approximate surface area is 143 Å². The van der Waals surface area contributed by atoms with E-state index in [-0.39, 0.29) is 11.8 Å². The second-order valence-corrected chi connectivity index (χ2v) is 6.68. The monoisotopic (exact) mass is 330 g/mol. The second kappa shape index (κ2) is 7.64. The molecule has 2 amide bonds. The molecule has 2 aliphatic rings. The molecule has 3 rings (SSSR count). The average molecular weight is 330 g/mol. The van der Waals surface area contributed by atoms with Gasteiger partial charge < -0.3 is 15.1 Å². The van der Waals surface area contributed by atoms with Gasteiger partial charge in [-0.3, -0.25) is 9.59 Å². The van der Waals surface area contributed by atoms with Crippen LogP contribution in [0.15, 0.2) is 18.3 Å². The maximum atomic E-state index is 12.4. The molecule has 6 nitrogen and oxygen atoms in total. The SMILES string of the molecule is CCNC(=O)c1ccc(N2CCN(CC3CCCC3)C(=O)C2)nc1. The van der Waals surface area contributed by atoms with Crippen molar-refractivity contribution in [3.63, 3.8) is 0 Å². The zero-order valence-electron chi connectivity index (χ0n) is 14.3. The lowest BCUT2D eigenvalue weighted by molar-refractivity contribution is -0.131. The van der Waals surface area contributed by atoms with Crippen molar-refractivity contribution >= 4 is 17.6 Å². The topological polar surface area (TPSA) is 65.5 Å². The third-order valence-corrected chi connectivity index (χ3v) is 4.94. The van der Waals surface area contributed by atoms with E-state index in [2.05, 4.69) is 10.3 Å². The molecule has 1 aliphatic heterocycles. The summed E-state index contributed by atoms with van der Waals surface area (Å²) in [5, 5.41) is 2.75. The smallest absolute Gasteiger partial charge is 0.252 e. The van der Waals surface area contributed by atoms with E-state index in [1.54, 1.807) is 12.3 Å². The summed E-state index contributed by atoms with van der Waals surface area (Å²) in [6.45, 7) is 5.33. The lowest BCUT2D eigenvalue weighted by atomic mass is 10.1. The first kappa shape index (κ1) is 16.7. The fourth-order valence-corrected chi connectivity index (χ4v) is 3.57. The zero-order valence-corrected chi connectivity index (χ0v) is 14.3. The zero-order chi connectivity index (χ0) is 16.9. The second-order valence-electron chi connectivity index (χ2n) is 6.68. The number of nitrogens with zero attached hydrogens (tertiary/aromatic N) is 3. The molecule has 24 heavy (non-hydrogen) atoms. The van der Waals surface area contributed by atoms with E-state index in [9.17, 15) is 9.59 Å². The van der Waals surface area contributed by atoms with Gasteiger partial charge in [-0.25, -0.2) is 4.98 Å². The van der Waals surface area contributed by atoms with E-state index in [0.717, 1.165) is 25.5 Å². The Morgan fingerprint density at radius 3 is 2.71 bits per heavy atom. The lowest BCUT2D eigenvalue weighted by Gasteiger charge is -2.36. The highest BCUT2D eigenvalue weighted by atomic mass is 16.2. The van der Waals surface area contributed by atoms with Gasteiger partial charge in [0.15, 0.2) is 0 Å². The van der Waals surface area contributed by atoms with Crippen LogP contribution in [0, 0.1) is 5.92 Å².